The van der Waals surface area contributed by atoms with Crippen LogP contribution in [-0.2, 0) is 9.59 Å². The minimum atomic E-state index is 1.13. The van der Waals surface area contributed by atoms with Crippen molar-refractivity contribution in [3.8, 4) is 0 Å². The minimum Gasteiger partial charge on any atom is -0.233 e. The maximum absolute atomic E-state index is 9.44. The molecule has 0 radical (unpaired) electrons. The van der Waals surface area contributed by atoms with E-state index in [-0.39, 0.29) is 0 Å². The van der Waals surface area contributed by atoms with Gasteiger partial charge in [-0.2, -0.15) is 0 Å². The third-order valence-corrected chi connectivity index (χ3v) is 1.65. The molecule has 0 aromatic heterocycles. The molecule has 0 amide bonds. The van der Waals surface area contributed by atoms with Crippen LogP contribution >= 0.6 is 21.6 Å². The molecule has 0 aliphatic carbocycles. The van der Waals surface area contributed by atoms with Gasteiger partial charge in [0.15, 0.2) is 0 Å². The van der Waals surface area contributed by atoms with E-state index >= 15 is 0 Å². The SMILES string of the molecule is O=C=CSSC=C=O. The predicted octanol–water partition coefficient (Wildman–Crippen LogP) is 1.06. The van der Waals surface area contributed by atoms with Gasteiger partial charge in [-0.1, -0.05) is 0 Å². The molecule has 8 heavy (non-hydrogen) atoms. The zero-order valence-electron chi connectivity index (χ0n) is 3.79. The van der Waals surface area contributed by atoms with Crippen LogP contribution < -0.4 is 0 Å². The number of rotatable bonds is 3. The van der Waals surface area contributed by atoms with E-state index in [1.807, 2.05) is 0 Å². The van der Waals surface area contributed by atoms with E-state index in [4.69, 9.17) is 0 Å². The molecule has 2 nitrogen and oxygen atoms in total. The van der Waals surface area contributed by atoms with Crippen LogP contribution in [0.5, 0.6) is 0 Å². The highest BCUT2D eigenvalue weighted by Gasteiger charge is 1.73. The Hall–Kier alpha value is -0.400. The molecular formula is C4H2O2S2. The van der Waals surface area contributed by atoms with Gasteiger partial charge in [-0.05, 0) is 21.6 Å². The van der Waals surface area contributed by atoms with Crippen molar-refractivity contribution in [2.45, 2.75) is 0 Å². The Bertz CT molecular complexity index is 124. The van der Waals surface area contributed by atoms with Crippen LogP contribution in [0.15, 0.2) is 10.8 Å². The molecule has 0 rings (SSSR count). The molecule has 0 unspecified atom stereocenters. The first-order valence-electron chi connectivity index (χ1n) is 1.62. The molecule has 0 fully saturated rings. The molecule has 0 heterocycles. The van der Waals surface area contributed by atoms with E-state index in [0.29, 0.717) is 0 Å². The van der Waals surface area contributed by atoms with Crippen molar-refractivity contribution in [2.24, 2.45) is 0 Å². The van der Waals surface area contributed by atoms with Gasteiger partial charge in [0.2, 0.25) is 0 Å². The van der Waals surface area contributed by atoms with Crippen LogP contribution in [0.4, 0.5) is 0 Å². The summed E-state index contributed by atoms with van der Waals surface area (Å²) in [6.45, 7) is 0. The molecule has 0 N–H and O–H groups in total. The van der Waals surface area contributed by atoms with Crippen LogP contribution in [0.2, 0.25) is 0 Å². The highest BCUT2D eigenvalue weighted by Crippen LogP contribution is 2.20. The van der Waals surface area contributed by atoms with E-state index in [1.54, 1.807) is 11.9 Å². The molecule has 0 aromatic rings. The monoisotopic (exact) mass is 146 g/mol. The lowest BCUT2D eigenvalue weighted by Gasteiger charge is -1.73. The average Bonchev–Trinajstić information content (AvgIpc) is 1.81. The van der Waals surface area contributed by atoms with E-state index < -0.39 is 0 Å². The number of carbonyl (C=O) groups excluding carboxylic acids is 2. The number of hydrogen-bond acceptors (Lipinski definition) is 4. The van der Waals surface area contributed by atoms with Gasteiger partial charge >= 0.3 is 0 Å². The first-order valence-corrected chi connectivity index (χ1v) is 3.90. The normalized spacial score (nSPS) is 6.50. The van der Waals surface area contributed by atoms with Crippen molar-refractivity contribution < 1.29 is 9.59 Å². The Labute approximate surface area is 54.4 Å². The fraction of sp³-hybridized carbons (Fsp3) is 0. The Morgan fingerprint density at radius 1 is 1.00 bits per heavy atom. The fourth-order valence-corrected chi connectivity index (χ4v) is 0.854. The molecule has 0 aromatic carbocycles. The fourth-order valence-electron chi connectivity index (χ4n) is 0.0948. The lowest BCUT2D eigenvalue weighted by atomic mass is 11.2. The van der Waals surface area contributed by atoms with Gasteiger partial charge in [0.1, 0.15) is 11.9 Å². The average molecular weight is 146 g/mol. The second-order valence-electron chi connectivity index (χ2n) is 0.664. The van der Waals surface area contributed by atoms with Crippen LogP contribution in [-0.4, -0.2) is 11.9 Å². The van der Waals surface area contributed by atoms with Gasteiger partial charge in [-0.25, -0.2) is 9.59 Å². The standard InChI is InChI=1S/C4H2O2S2/c5-1-3-7-8-4-2-6/h3-4H. The van der Waals surface area contributed by atoms with Crippen molar-refractivity contribution >= 4 is 33.5 Å². The summed E-state index contributed by atoms with van der Waals surface area (Å²) in [5.74, 6) is 3.09. The zero-order chi connectivity index (χ0) is 6.24. The highest BCUT2D eigenvalue weighted by atomic mass is 33.1. The lowest BCUT2D eigenvalue weighted by molar-refractivity contribution is 0.568. The van der Waals surface area contributed by atoms with Gasteiger partial charge in [-0.15, -0.1) is 0 Å². The maximum atomic E-state index is 9.44. The van der Waals surface area contributed by atoms with Gasteiger partial charge < -0.3 is 0 Å². The third kappa shape index (κ3) is 5.60. The Morgan fingerprint density at radius 2 is 1.38 bits per heavy atom. The molecule has 0 aliphatic rings. The first-order chi connectivity index (χ1) is 3.91. The van der Waals surface area contributed by atoms with Crippen molar-refractivity contribution in [1.82, 2.24) is 0 Å². The van der Waals surface area contributed by atoms with Crippen molar-refractivity contribution in [2.75, 3.05) is 0 Å². The van der Waals surface area contributed by atoms with Crippen molar-refractivity contribution in [3.63, 3.8) is 0 Å². The molecule has 0 atom stereocenters. The van der Waals surface area contributed by atoms with Crippen molar-refractivity contribution in [1.29, 1.82) is 0 Å². The summed E-state index contributed by atoms with van der Waals surface area (Å²) in [4.78, 5) is 18.9. The lowest BCUT2D eigenvalue weighted by Crippen LogP contribution is -1.43. The minimum absolute atomic E-state index is 1.13. The van der Waals surface area contributed by atoms with E-state index in [0.717, 1.165) is 21.6 Å². The summed E-state index contributed by atoms with van der Waals surface area (Å²) in [7, 11) is 2.26. The summed E-state index contributed by atoms with van der Waals surface area (Å²) < 4.78 is 0. The molecule has 0 saturated heterocycles. The number of hydrogen-bond donors (Lipinski definition) is 0. The van der Waals surface area contributed by atoms with Gasteiger partial charge in [0, 0.05) is 0 Å². The Morgan fingerprint density at radius 3 is 1.62 bits per heavy atom. The van der Waals surface area contributed by atoms with Gasteiger partial charge in [0.25, 0.3) is 0 Å². The largest absolute Gasteiger partial charge is 0.233 e. The topological polar surface area (TPSA) is 34.1 Å². The molecule has 0 spiro atoms. The zero-order valence-corrected chi connectivity index (χ0v) is 5.42. The van der Waals surface area contributed by atoms with Gasteiger partial charge in [-0.3, -0.25) is 0 Å². The summed E-state index contributed by atoms with van der Waals surface area (Å²) in [6, 6.07) is 0. The Balaban J connectivity index is 3.18. The molecule has 0 aliphatic heterocycles. The summed E-state index contributed by atoms with van der Waals surface area (Å²) >= 11 is 0. The summed E-state index contributed by atoms with van der Waals surface area (Å²) in [5.41, 5.74) is 0. The molecule has 0 saturated carbocycles. The second-order valence-corrected chi connectivity index (χ2v) is 2.67. The van der Waals surface area contributed by atoms with Crippen LogP contribution in [0.1, 0.15) is 0 Å². The smallest absolute Gasteiger partial charge is 0.132 e. The molecule has 4 heteroatoms. The van der Waals surface area contributed by atoms with E-state index in [2.05, 4.69) is 0 Å². The summed E-state index contributed by atoms with van der Waals surface area (Å²) in [6.07, 6.45) is 0. The highest BCUT2D eigenvalue weighted by molar-refractivity contribution is 8.79. The third-order valence-electron chi connectivity index (χ3n) is 0.248. The first kappa shape index (κ1) is 7.60. The Kier molecular flexibility index (Phi) is 6.27. The predicted molar refractivity (Wildman–Crippen MR) is 35.7 cm³/mol. The van der Waals surface area contributed by atoms with Crippen LogP contribution in [0, 0.1) is 0 Å². The van der Waals surface area contributed by atoms with E-state index in [1.165, 1.54) is 10.8 Å². The quantitative estimate of drug-likeness (QED) is 0.338. The maximum Gasteiger partial charge on any atom is 0.132 e. The second kappa shape index (κ2) is 6.60. The van der Waals surface area contributed by atoms with Gasteiger partial charge in [0.05, 0.1) is 10.8 Å². The van der Waals surface area contributed by atoms with Crippen molar-refractivity contribution in [3.05, 3.63) is 10.8 Å². The molecule has 0 bridgehead atoms. The van der Waals surface area contributed by atoms with Crippen LogP contribution in [0.25, 0.3) is 0 Å². The van der Waals surface area contributed by atoms with Crippen LogP contribution in [0.3, 0.4) is 0 Å². The summed E-state index contributed by atoms with van der Waals surface area (Å²) in [5, 5.41) is 2.44. The molecule has 42 valence electrons. The van der Waals surface area contributed by atoms with E-state index in [9.17, 15) is 9.59 Å². The molecular weight excluding hydrogens is 144 g/mol.